The second-order valence-corrected chi connectivity index (χ2v) is 10.8. The number of fused-ring (bicyclic) bond motifs is 9. The number of piperazine rings is 1. The minimum absolute atomic E-state index is 0.00448. The maximum atomic E-state index is 13.7. The molecule has 1 amide bonds. The van der Waals surface area contributed by atoms with Gasteiger partial charge >= 0.3 is 6.09 Å². The Bertz CT molecular complexity index is 1550. The first kappa shape index (κ1) is 28.5. The molecule has 12 nitrogen and oxygen atoms in total. The summed E-state index contributed by atoms with van der Waals surface area (Å²) >= 11 is 0. The van der Waals surface area contributed by atoms with Crippen LogP contribution in [0.4, 0.5) is 4.79 Å². The van der Waals surface area contributed by atoms with E-state index in [4.69, 9.17) is 23.7 Å². The number of hydrogen-bond donors (Lipinski definition) is 3. The maximum absolute atomic E-state index is 13.7. The molecule has 4 aliphatic rings. The molecule has 5 atom stereocenters. The van der Waals surface area contributed by atoms with Crippen molar-refractivity contribution in [1.29, 1.82) is 5.26 Å². The van der Waals surface area contributed by atoms with E-state index in [0.717, 1.165) is 5.56 Å². The number of ether oxygens (including phenoxy) is 5. The number of aliphatic hydroxyl groups is 1. The van der Waals surface area contributed by atoms with Gasteiger partial charge in [-0.15, -0.1) is 0 Å². The Balaban J connectivity index is 1.62. The molecule has 226 valence electrons. The Morgan fingerprint density at radius 3 is 2.56 bits per heavy atom. The summed E-state index contributed by atoms with van der Waals surface area (Å²) in [5.74, 6) is 0.843. The second-order valence-electron chi connectivity index (χ2n) is 10.8. The van der Waals surface area contributed by atoms with Gasteiger partial charge in [0.15, 0.2) is 23.0 Å². The number of amides is 1. The van der Waals surface area contributed by atoms with Crippen LogP contribution in [-0.2, 0) is 17.6 Å². The van der Waals surface area contributed by atoms with E-state index in [1.807, 2.05) is 11.8 Å². The molecule has 0 aliphatic carbocycles. The van der Waals surface area contributed by atoms with Crippen molar-refractivity contribution in [3.63, 3.8) is 0 Å². The average Bonchev–Trinajstić information content (AvgIpc) is 3.49. The summed E-state index contributed by atoms with van der Waals surface area (Å²) in [6.45, 7) is 9.03. The zero-order valence-electron chi connectivity index (χ0n) is 23.9. The Kier molecular flexibility index (Phi) is 7.23. The fourth-order valence-electron chi connectivity index (χ4n) is 7.31. The molecule has 0 saturated carbocycles. The number of nitriles is 1. The third-order valence-corrected chi connectivity index (χ3v) is 8.81. The normalized spacial score (nSPS) is 24.6. The molecule has 4 heterocycles. The van der Waals surface area contributed by atoms with Crippen LogP contribution in [0.2, 0.25) is 0 Å². The Labute approximate surface area is 248 Å². The lowest BCUT2D eigenvalue weighted by atomic mass is 9.72. The van der Waals surface area contributed by atoms with E-state index in [2.05, 4.69) is 19.2 Å². The van der Waals surface area contributed by atoms with Crippen LogP contribution in [-0.4, -0.2) is 83.1 Å². The molecule has 2 aromatic rings. The van der Waals surface area contributed by atoms with Crippen LogP contribution < -0.4 is 18.9 Å². The number of carbonyl (C=O) groups excluding carboxylic acids is 1. The molecule has 0 unspecified atom stereocenters. The Morgan fingerprint density at radius 2 is 1.88 bits per heavy atom. The summed E-state index contributed by atoms with van der Waals surface area (Å²) in [6, 6.07) is 0.00263. The van der Waals surface area contributed by atoms with Gasteiger partial charge in [-0.05, 0) is 31.4 Å². The van der Waals surface area contributed by atoms with Crippen molar-refractivity contribution in [2.45, 2.75) is 50.0 Å². The largest absolute Gasteiger partial charge is 0.504 e. The minimum atomic E-state index is -0.904. The van der Waals surface area contributed by atoms with E-state index >= 15 is 0 Å². The quantitative estimate of drug-likeness (QED) is 0.407. The van der Waals surface area contributed by atoms with Crippen LogP contribution in [0.25, 0.3) is 0 Å². The van der Waals surface area contributed by atoms with Gasteiger partial charge in [-0.3, -0.25) is 9.80 Å². The smallest absolute Gasteiger partial charge is 0.411 e. The van der Waals surface area contributed by atoms with Gasteiger partial charge in [0.1, 0.15) is 25.0 Å². The van der Waals surface area contributed by atoms with Gasteiger partial charge in [-0.25, -0.2) is 4.79 Å². The molecule has 6 rings (SSSR count). The van der Waals surface area contributed by atoms with Crippen molar-refractivity contribution in [1.82, 2.24) is 9.80 Å². The van der Waals surface area contributed by atoms with Crippen molar-refractivity contribution >= 4 is 6.09 Å². The molecular formula is C31H33N3O9. The van der Waals surface area contributed by atoms with Gasteiger partial charge in [-0.1, -0.05) is 25.3 Å². The van der Waals surface area contributed by atoms with Gasteiger partial charge in [0.2, 0.25) is 12.5 Å². The number of hydrogen-bond acceptors (Lipinski definition) is 11. The Morgan fingerprint density at radius 1 is 1.14 bits per heavy atom. The number of phenolic OH excluding ortho intramolecular Hbond substituents is 2. The fraction of sp³-hybridized carbons (Fsp3) is 0.419. The number of aliphatic hydroxyl groups excluding tert-OH is 1. The molecule has 3 N–H and O–H groups in total. The van der Waals surface area contributed by atoms with Crippen LogP contribution in [0, 0.1) is 18.3 Å². The summed E-state index contributed by atoms with van der Waals surface area (Å²) in [6.07, 6.45) is 2.77. The number of methoxy groups -OCH3 is 1. The van der Waals surface area contributed by atoms with Crippen LogP contribution in [0.1, 0.15) is 39.9 Å². The van der Waals surface area contributed by atoms with Crippen molar-refractivity contribution in [2.75, 3.05) is 33.7 Å². The van der Waals surface area contributed by atoms with Crippen LogP contribution >= 0.6 is 0 Å². The lowest BCUT2D eigenvalue weighted by Gasteiger charge is -2.59. The van der Waals surface area contributed by atoms with Crippen molar-refractivity contribution in [2.24, 2.45) is 0 Å². The van der Waals surface area contributed by atoms with Crippen LogP contribution in [0.15, 0.2) is 31.4 Å². The fourth-order valence-corrected chi connectivity index (χ4v) is 7.31. The maximum Gasteiger partial charge on any atom is 0.411 e. The first-order chi connectivity index (χ1) is 20.8. The summed E-state index contributed by atoms with van der Waals surface area (Å²) in [7, 11) is 1.33. The van der Waals surface area contributed by atoms with Gasteiger partial charge in [0.05, 0.1) is 37.9 Å². The Hall–Kier alpha value is -4.60. The molecule has 43 heavy (non-hydrogen) atoms. The van der Waals surface area contributed by atoms with Gasteiger partial charge in [0.25, 0.3) is 0 Å². The van der Waals surface area contributed by atoms with E-state index < -0.39 is 36.3 Å². The van der Waals surface area contributed by atoms with E-state index in [9.17, 15) is 25.4 Å². The molecule has 1 saturated heterocycles. The lowest BCUT2D eigenvalue weighted by Crippen LogP contribution is -2.70. The average molecular weight is 592 g/mol. The summed E-state index contributed by atoms with van der Waals surface area (Å²) < 4.78 is 28.8. The summed E-state index contributed by atoms with van der Waals surface area (Å²) in [5, 5.41) is 43.7. The van der Waals surface area contributed by atoms with Crippen molar-refractivity contribution in [3.8, 4) is 40.6 Å². The predicted molar refractivity (Wildman–Crippen MR) is 151 cm³/mol. The predicted octanol–water partition coefficient (Wildman–Crippen LogP) is 3.16. The second kappa shape index (κ2) is 10.9. The number of rotatable bonds is 7. The number of benzene rings is 2. The molecule has 4 aliphatic heterocycles. The highest BCUT2D eigenvalue weighted by Gasteiger charge is 2.59. The lowest BCUT2D eigenvalue weighted by molar-refractivity contribution is -0.0841. The standard InChI is InChI=1S/C31H33N3O9/c1-5-7-40-27-15(3)28-30(43-14-42-28)24-17(27)11-19-25-23-16(10-22(36)29(39-4)26(23)37)9-18(34(25)31(38)41-8-6-2)20(12-32)33(19)21(24)13-35/h5-6,10,18-21,25,35-37H,1-2,7-9,11,13-14H2,3-4H3/t18-,19-,20-,21-,25-/m0/s1. The van der Waals surface area contributed by atoms with Gasteiger partial charge < -0.3 is 39.0 Å². The molecule has 2 bridgehead atoms. The zero-order chi connectivity index (χ0) is 30.6. The molecule has 0 aromatic heterocycles. The van der Waals surface area contributed by atoms with E-state index in [1.165, 1.54) is 24.2 Å². The van der Waals surface area contributed by atoms with Crippen molar-refractivity contribution < 1.29 is 43.8 Å². The number of aromatic hydroxyl groups is 2. The highest BCUT2D eigenvalue weighted by atomic mass is 16.7. The first-order valence-corrected chi connectivity index (χ1v) is 14.0. The third kappa shape index (κ3) is 4.06. The third-order valence-electron chi connectivity index (χ3n) is 8.81. The van der Waals surface area contributed by atoms with Gasteiger partial charge in [0, 0.05) is 28.3 Å². The monoisotopic (exact) mass is 591 g/mol. The molecule has 2 aromatic carbocycles. The van der Waals surface area contributed by atoms with Gasteiger partial charge in [-0.2, -0.15) is 5.26 Å². The summed E-state index contributed by atoms with van der Waals surface area (Å²) in [5.41, 5.74) is 3.05. The molecule has 12 heteroatoms. The highest BCUT2D eigenvalue weighted by molar-refractivity contribution is 5.73. The number of carbonyl (C=O) groups is 1. The van der Waals surface area contributed by atoms with Crippen molar-refractivity contribution in [3.05, 3.63) is 59.2 Å². The van der Waals surface area contributed by atoms with E-state index in [1.54, 1.807) is 6.08 Å². The minimum Gasteiger partial charge on any atom is -0.504 e. The van der Waals surface area contributed by atoms with E-state index in [0.29, 0.717) is 39.5 Å². The van der Waals surface area contributed by atoms with Crippen LogP contribution in [0.5, 0.6) is 34.5 Å². The summed E-state index contributed by atoms with van der Waals surface area (Å²) in [4.78, 5) is 17.1. The number of nitrogens with zero attached hydrogens (tertiary/aromatic N) is 3. The zero-order valence-corrected chi connectivity index (χ0v) is 23.9. The molecule has 0 spiro atoms. The molecule has 0 radical (unpaired) electrons. The molecule has 1 fully saturated rings. The molecular weight excluding hydrogens is 558 g/mol. The van der Waals surface area contributed by atoms with E-state index in [-0.39, 0.29) is 56.7 Å². The topological polar surface area (TPSA) is 154 Å². The van der Waals surface area contributed by atoms with Crippen LogP contribution in [0.3, 0.4) is 0 Å². The first-order valence-electron chi connectivity index (χ1n) is 14.0. The number of phenols is 2. The highest BCUT2D eigenvalue weighted by Crippen LogP contribution is 2.59. The SMILES string of the molecule is C=CCOC(=O)N1[C@@H]2c3c(cc(O)c(OC)c3O)C[C@H]1[C@H](C#N)N1[C@@H](CO)c3c(c(OCC=C)c(C)c4c3OCO4)C[C@@H]21.